The van der Waals surface area contributed by atoms with E-state index in [9.17, 15) is 18.0 Å². The summed E-state index contributed by atoms with van der Waals surface area (Å²) in [6.45, 7) is 1.78. The number of benzene rings is 1. The van der Waals surface area contributed by atoms with Gasteiger partial charge in [-0.25, -0.2) is 27.9 Å². The second-order valence-electron chi connectivity index (χ2n) is 7.08. The van der Waals surface area contributed by atoms with E-state index in [1.54, 1.807) is 30.8 Å². The second kappa shape index (κ2) is 8.06. The minimum atomic E-state index is -3.96. The third-order valence-electron chi connectivity index (χ3n) is 4.82. The fourth-order valence-electron chi connectivity index (χ4n) is 3.26. The number of pyridine rings is 2. The molecule has 2 N–H and O–H groups in total. The Balaban J connectivity index is 1.36. The number of anilines is 1. The summed E-state index contributed by atoms with van der Waals surface area (Å²) >= 11 is 2.53. The highest BCUT2D eigenvalue weighted by Crippen LogP contribution is 2.23. The molecule has 0 radical (unpaired) electrons. The van der Waals surface area contributed by atoms with Crippen LogP contribution in [0.25, 0.3) is 26.8 Å². The number of sulfonamides is 1. The highest BCUT2D eigenvalue weighted by Gasteiger charge is 2.19. The predicted molar refractivity (Wildman–Crippen MR) is 129 cm³/mol. The number of aryl methyl sites for hydroxylation is 1. The Hall–Kier alpha value is -3.61. The Morgan fingerprint density at radius 1 is 1.09 bits per heavy atom. The van der Waals surface area contributed by atoms with Crippen LogP contribution >= 0.6 is 22.7 Å². The summed E-state index contributed by atoms with van der Waals surface area (Å²) in [7, 11) is -3.96. The topological polar surface area (TPSA) is 123 Å². The number of fused-ring (bicyclic) bond motifs is 2. The summed E-state index contributed by atoms with van der Waals surface area (Å²) in [6.07, 6.45) is 2.97. The summed E-state index contributed by atoms with van der Waals surface area (Å²) in [5, 5.41) is 3.77. The molecule has 33 heavy (non-hydrogen) atoms. The summed E-state index contributed by atoms with van der Waals surface area (Å²) in [5.41, 5.74) is 2.62. The van der Waals surface area contributed by atoms with Crippen LogP contribution in [0, 0.1) is 6.92 Å². The molecule has 0 atom stereocenters. The van der Waals surface area contributed by atoms with Crippen molar-refractivity contribution in [2.75, 3.05) is 5.32 Å². The van der Waals surface area contributed by atoms with Crippen LogP contribution in [0.15, 0.2) is 69.4 Å². The van der Waals surface area contributed by atoms with Crippen LogP contribution in [0.4, 0.5) is 10.5 Å². The van der Waals surface area contributed by atoms with E-state index < -0.39 is 16.1 Å². The van der Waals surface area contributed by atoms with Crippen LogP contribution in [-0.4, -0.2) is 29.0 Å². The molecule has 5 aromatic rings. The lowest BCUT2D eigenvalue weighted by molar-refractivity contribution is 0.256. The smallest absolute Gasteiger partial charge is 0.306 e. The molecule has 0 aliphatic carbocycles. The average molecular weight is 498 g/mol. The zero-order valence-electron chi connectivity index (χ0n) is 17.0. The average Bonchev–Trinajstić information content (AvgIpc) is 3.42. The minimum absolute atomic E-state index is 0.0508. The fourth-order valence-corrected chi connectivity index (χ4v) is 6.15. The van der Waals surface area contributed by atoms with Gasteiger partial charge in [-0.3, -0.25) is 9.36 Å². The molecular formula is C21H15N5O4S3. The molecule has 0 saturated heterocycles. The molecule has 1 aromatic carbocycles. The van der Waals surface area contributed by atoms with E-state index in [4.69, 9.17) is 0 Å². The number of thiazole rings is 1. The lowest BCUT2D eigenvalue weighted by Gasteiger charge is -2.09. The molecule has 9 nitrogen and oxygen atoms in total. The van der Waals surface area contributed by atoms with Gasteiger partial charge in [0.25, 0.3) is 15.6 Å². The van der Waals surface area contributed by atoms with Gasteiger partial charge < -0.3 is 5.32 Å². The fraction of sp³-hybridized carbons (Fsp3) is 0.0476. The Morgan fingerprint density at radius 3 is 2.67 bits per heavy atom. The molecule has 0 fully saturated rings. The van der Waals surface area contributed by atoms with E-state index in [2.05, 4.69) is 15.3 Å². The Bertz CT molecular complexity index is 1680. The van der Waals surface area contributed by atoms with E-state index in [0.717, 1.165) is 31.8 Å². The summed E-state index contributed by atoms with van der Waals surface area (Å²) in [5.74, 6) is 0.360. The Kier molecular flexibility index (Phi) is 5.19. The van der Waals surface area contributed by atoms with Gasteiger partial charge in [0.05, 0.1) is 27.6 Å². The van der Waals surface area contributed by atoms with Crippen LogP contribution in [-0.2, 0) is 10.0 Å². The molecule has 166 valence electrons. The largest absolute Gasteiger partial charge is 0.333 e. The number of carbonyl (C=O) groups excluding carboxylic acids is 1. The van der Waals surface area contributed by atoms with Crippen molar-refractivity contribution in [2.24, 2.45) is 0 Å². The van der Waals surface area contributed by atoms with Gasteiger partial charge in [-0.2, -0.15) is 0 Å². The number of nitrogens with zero attached hydrogens (tertiary/aromatic N) is 3. The molecule has 0 bridgehead atoms. The molecule has 0 aliphatic rings. The van der Waals surface area contributed by atoms with Gasteiger partial charge >= 0.3 is 6.03 Å². The van der Waals surface area contributed by atoms with Crippen LogP contribution in [0.3, 0.4) is 0 Å². The van der Waals surface area contributed by atoms with Crippen molar-refractivity contribution in [1.82, 2.24) is 19.3 Å². The van der Waals surface area contributed by atoms with Gasteiger partial charge in [0.2, 0.25) is 0 Å². The molecule has 5 rings (SSSR count). The quantitative estimate of drug-likeness (QED) is 0.389. The number of rotatable bonds is 4. The number of urea groups is 1. The first-order chi connectivity index (χ1) is 15.8. The maximum absolute atomic E-state index is 13.0. The monoisotopic (exact) mass is 497 g/mol. The first-order valence-corrected chi connectivity index (χ1v) is 12.7. The molecule has 0 aliphatic heterocycles. The molecular weight excluding hydrogens is 482 g/mol. The van der Waals surface area contributed by atoms with Crippen molar-refractivity contribution in [1.29, 1.82) is 0 Å². The van der Waals surface area contributed by atoms with Crippen LogP contribution in [0.1, 0.15) is 4.88 Å². The Labute approximate surface area is 195 Å². The minimum Gasteiger partial charge on any atom is -0.306 e. The van der Waals surface area contributed by atoms with E-state index in [-0.39, 0.29) is 15.5 Å². The van der Waals surface area contributed by atoms with E-state index in [1.807, 2.05) is 22.9 Å². The lowest BCUT2D eigenvalue weighted by Crippen LogP contribution is -2.34. The summed E-state index contributed by atoms with van der Waals surface area (Å²) in [6, 6.07) is 10.8. The standard InChI is InChI=1S/C21H15N5O4S3/c1-12-2-5-19(32-12)33(29,30)25-21(28)24-14-3-4-18(22-10-14)26-7-6-13-8-16-17(31-11-23-16)9-15(13)20(26)27/h2-11H,1H3,(H2,24,25,28). The number of carbonyl (C=O) groups is 1. The molecule has 0 saturated carbocycles. The number of amides is 2. The number of thiophene rings is 1. The first-order valence-electron chi connectivity index (χ1n) is 9.55. The SMILES string of the molecule is Cc1ccc(S(=O)(=O)NC(=O)Nc2ccc(-n3ccc4cc5ncsc5cc4c3=O)nc2)s1. The van der Waals surface area contributed by atoms with Gasteiger partial charge in [-0.1, -0.05) is 0 Å². The zero-order chi connectivity index (χ0) is 23.2. The molecule has 4 heterocycles. The number of hydrogen-bond acceptors (Lipinski definition) is 8. The first kappa shape index (κ1) is 21.2. The van der Waals surface area contributed by atoms with Crippen LogP contribution in [0.2, 0.25) is 0 Å². The van der Waals surface area contributed by atoms with E-state index in [1.165, 1.54) is 34.2 Å². The van der Waals surface area contributed by atoms with Crippen molar-refractivity contribution in [3.05, 3.63) is 75.6 Å². The summed E-state index contributed by atoms with van der Waals surface area (Å²) < 4.78 is 28.9. The zero-order valence-corrected chi connectivity index (χ0v) is 19.4. The third-order valence-corrected chi connectivity index (χ3v) is 8.43. The lowest BCUT2D eigenvalue weighted by atomic mass is 10.1. The van der Waals surface area contributed by atoms with Gasteiger partial charge in [0.1, 0.15) is 10.0 Å². The Morgan fingerprint density at radius 2 is 1.94 bits per heavy atom. The van der Waals surface area contributed by atoms with Crippen LogP contribution in [0.5, 0.6) is 0 Å². The van der Waals surface area contributed by atoms with Crippen molar-refractivity contribution in [2.45, 2.75) is 11.1 Å². The van der Waals surface area contributed by atoms with Crippen molar-refractivity contribution in [3.8, 4) is 5.82 Å². The van der Waals surface area contributed by atoms with E-state index >= 15 is 0 Å². The normalized spacial score (nSPS) is 11.7. The number of hydrogen-bond donors (Lipinski definition) is 2. The van der Waals surface area contributed by atoms with Crippen molar-refractivity contribution in [3.63, 3.8) is 0 Å². The molecule has 0 unspecified atom stereocenters. The third kappa shape index (κ3) is 4.11. The van der Waals surface area contributed by atoms with Gasteiger partial charge in [-0.15, -0.1) is 22.7 Å². The molecule has 2 amide bonds. The molecule has 4 aromatic heterocycles. The second-order valence-corrected chi connectivity index (χ2v) is 11.2. The summed E-state index contributed by atoms with van der Waals surface area (Å²) in [4.78, 5) is 34.5. The van der Waals surface area contributed by atoms with Gasteiger partial charge in [-0.05, 0) is 54.8 Å². The van der Waals surface area contributed by atoms with Gasteiger partial charge in [0, 0.05) is 16.5 Å². The van der Waals surface area contributed by atoms with Gasteiger partial charge in [0.15, 0.2) is 0 Å². The highest BCUT2D eigenvalue weighted by atomic mass is 32.2. The maximum Gasteiger partial charge on any atom is 0.333 e. The molecule has 0 spiro atoms. The van der Waals surface area contributed by atoms with E-state index in [0.29, 0.717) is 11.2 Å². The molecule has 12 heteroatoms. The van der Waals surface area contributed by atoms with Crippen LogP contribution < -0.4 is 15.6 Å². The van der Waals surface area contributed by atoms with Crippen molar-refractivity contribution >= 4 is 65.4 Å². The van der Waals surface area contributed by atoms with Crippen molar-refractivity contribution < 1.29 is 13.2 Å². The number of aromatic nitrogens is 3. The maximum atomic E-state index is 13.0. The predicted octanol–water partition coefficient (Wildman–Crippen LogP) is 3.88. The highest BCUT2D eigenvalue weighted by molar-refractivity contribution is 7.92. The number of nitrogens with one attached hydrogen (secondary N) is 2.